The lowest BCUT2D eigenvalue weighted by atomic mass is 10.0. The fraction of sp³-hybridized carbons (Fsp3) is 0.167. The van der Waals surface area contributed by atoms with Crippen LogP contribution in [-0.4, -0.2) is 18.1 Å². The molecule has 1 aliphatic heterocycles. The van der Waals surface area contributed by atoms with Crippen molar-refractivity contribution in [3.05, 3.63) is 65.9 Å². The first-order chi connectivity index (χ1) is 10.5. The number of hydrogen-bond donors (Lipinski definition) is 2. The van der Waals surface area contributed by atoms with Gasteiger partial charge in [-0.3, -0.25) is 9.28 Å². The first kappa shape index (κ1) is 14.4. The Hall–Kier alpha value is -2.59. The Balaban J connectivity index is 2.04. The van der Waals surface area contributed by atoms with Crippen LogP contribution in [0, 0.1) is 0 Å². The van der Waals surface area contributed by atoms with Crippen molar-refractivity contribution in [2.45, 2.75) is 13.0 Å². The number of nitrogens with zero attached hydrogens (tertiary/aromatic N) is 1. The predicted molar refractivity (Wildman–Crippen MR) is 87.8 cm³/mol. The van der Waals surface area contributed by atoms with Crippen LogP contribution in [0.15, 0.2) is 54.7 Å². The molecule has 4 nitrogen and oxygen atoms in total. The predicted octanol–water partition coefficient (Wildman–Crippen LogP) is 2.76. The van der Waals surface area contributed by atoms with Gasteiger partial charge in [-0.25, -0.2) is 0 Å². The maximum absolute atomic E-state index is 11.3. The molecule has 4 heteroatoms. The molecule has 0 aliphatic carbocycles. The van der Waals surface area contributed by atoms with E-state index in [1.807, 2.05) is 24.3 Å². The smallest absolute Gasteiger partial charge is 0.222 e. The standard InChI is InChI=1S/C18H18N2O2/c1-20(11-13-5-3-2-4-6-13)12-14(9-18(19)22)16-10-15(21)7-8-17(16)20/h2-8,10,12H,9,11H2,1H3,(H2-,19,21,22)/p+1. The van der Waals surface area contributed by atoms with Crippen LogP contribution in [-0.2, 0) is 11.3 Å². The second-order valence-electron chi connectivity index (χ2n) is 5.91. The number of fused-ring (bicyclic) bond motifs is 1. The molecule has 22 heavy (non-hydrogen) atoms. The molecule has 0 spiro atoms. The summed E-state index contributed by atoms with van der Waals surface area (Å²) in [6, 6.07) is 15.5. The van der Waals surface area contributed by atoms with Crippen molar-refractivity contribution in [2.24, 2.45) is 5.73 Å². The number of hydrogen-bond acceptors (Lipinski definition) is 2. The molecule has 1 atom stereocenters. The van der Waals surface area contributed by atoms with Crippen LogP contribution in [0.1, 0.15) is 17.5 Å². The quantitative estimate of drug-likeness (QED) is 0.852. The van der Waals surface area contributed by atoms with Crippen LogP contribution in [0.4, 0.5) is 5.69 Å². The molecule has 1 unspecified atom stereocenters. The Kier molecular flexibility index (Phi) is 3.47. The molecule has 0 fully saturated rings. The Morgan fingerprint density at radius 3 is 2.59 bits per heavy atom. The highest BCUT2D eigenvalue weighted by molar-refractivity contribution is 5.93. The molecule has 0 bridgehead atoms. The lowest BCUT2D eigenvalue weighted by molar-refractivity contribution is -0.117. The fourth-order valence-corrected chi connectivity index (χ4v) is 3.13. The molecule has 112 valence electrons. The van der Waals surface area contributed by atoms with Gasteiger partial charge in [0.25, 0.3) is 0 Å². The van der Waals surface area contributed by atoms with Gasteiger partial charge in [0.1, 0.15) is 24.2 Å². The first-order valence-electron chi connectivity index (χ1n) is 7.21. The summed E-state index contributed by atoms with van der Waals surface area (Å²) in [7, 11) is 2.09. The fourth-order valence-electron chi connectivity index (χ4n) is 3.13. The summed E-state index contributed by atoms with van der Waals surface area (Å²) in [4.78, 5) is 11.3. The van der Waals surface area contributed by atoms with Crippen LogP contribution in [0.25, 0.3) is 5.57 Å². The average molecular weight is 295 g/mol. The molecule has 0 radical (unpaired) electrons. The number of benzene rings is 2. The van der Waals surface area contributed by atoms with Gasteiger partial charge in [0.2, 0.25) is 5.91 Å². The summed E-state index contributed by atoms with van der Waals surface area (Å²) in [5.74, 6) is -0.170. The zero-order valence-corrected chi connectivity index (χ0v) is 12.5. The highest BCUT2D eigenvalue weighted by Gasteiger charge is 2.35. The van der Waals surface area contributed by atoms with E-state index in [2.05, 4.69) is 25.4 Å². The number of carbonyl (C=O) groups excluding carboxylic acids is 1. The van der Waals surface area contributed by atoms with E-state index in [1.165, 1.54) is 5.56 Å². The topological polar surface area (TPSA) is 63.3 Å². The van der Waals surface area contributed by atoms with Crippen molar-refractivity contribution < 1.29 is 9.90 Å². The maximum atomic E-state index is 11.3. The van der Waals surface area contributed by atoms with E-state index in [0.29, 0.717) is 4.48 Å². The number of aromatic hydroxyl groups is 1. The van der Waals surface area contributed by atoms with E-state index < -0.39 is 0 Å². The molecule has 3 rings (SSSR count). The zero-order valence-electron chi connectivity index (χ0n) is 12.5. The van der Waals surface area contributed by atoms with Gasteiger partial charge in [-0.15, -0.1) is 0 Å². The SMILES string of the molecule is C[N+]1(Cc2ccccc2)C=C(CC(N)=O)c2cc(O)ccc21. The van der Waals surface area contributed by atoms with Crippen molar-refractivity contribution in [2.75, 3.05) is 7.05 Å². The monoisotopic (exact) mass is 295 g/mol. The van der Waals surface area contributed by atoms with Gasteiger partial charge in [0.15, 0.2) is 0 Å². The van der Waals surface area contributed by atoms with E-state index in [1.54, 1.807) is 12.1 Å². The van der Waals surface area contributed by atoms with Gasteiger partial charge in [-0.2, -0.15) is 0 Å². The summed E-state index contributed by atoms with van der Waals surface area (Å²) in [6.07, 6.45) is 2.24. The number of carbonyl (C=O) groups is 1. The minimum Gasteiger partial charge on any atom is -0.508 e. The molecule has 1 aliphatic rings. The molecular weight excluding hydrogens is 276 g/mol. The summed E-state index contributed by atoms with van der Waals surface area (Å²) < 4.78 is 0.558. The lowest BCUT2D eigenvalue weighted by Gasteiger charge is -2.27. The number of quaternary nitrogens is 1. The third kappa shape index (κ3) is 2.61. The van der Waals surface area contributed by atoms with Gasteiger partial charge in [-0.1, -0.05) is 30.3 Å². The van der Waals surface area contributed by atoms with Crippen molar-refractivity contribution in [3.8, 4) is 5.75 Å². The molecule has 1 amide bonds. The Morgan fingerprint density at radius 1 is 1.18 bits per heavy atom. The first-order valence-corrected chi connectivity index (χ1v) is 7.21. The van der Waals surface area contributed by atoms with Crippen molar-refractivity contribution in [1.29, 1.82) is 0 Å². The minimum absolute atomic E-state index is 0.180. The van der Waals surface area contributed by atoms with E-state index in [0.717, 1.165) is 23.4 Å². The molecular formula is C18H19N2O2+. The van der Waals surface area contributed by atoms with Crippen LogP contribution < -0.4 is 10.2 Å². The van der Waals surface area contributed by atoms with Crippen molar-refractivity contribution in [3.63, 3.8) is 0 Å². The number of primary amides is 1. The third-order valence-corrected chi connectivity index (χ3v) is 4.04. The van der Waals surface area contributed by atoms with Gasteiger partial charge in [0.05, 0.1) is 13.5 Å². The molecule has 0 saturated heterocycles. The Morgan fingerprint density at radius 2 is 1.91 bits per heavy atom. The maximum Gasteiger partial charge on any atom is 0.222 e. The molecule has 1 heterocycles. The molecule has 0 saturated carbocycles. The molecule has 0 aromatic heterocycles. The number of nitrogens with two attached hydrogens (primary N) is 1. The third-order valence-electron chi connectivity index (χ3n) is 4.04. The van der Waals surface area contributed by atoms with Gasteiger partial charge in [0, 0.05) is 22.8 Å². The van der Waals surface area contributed by atoms with E-state index in [-0.39, 0.29) is 18.1 Å². The summed E-state index contributed by atoms with van der Waals surface area (Å²) in [6.45, 7) is 0.779. The Bertz CT molecular complexity index is 753. The molecule has 3 N–H and O–H groups in total. The number of phenols is 1. The number of phenolic OH excluding ortho intramolecular Hbond substituents is 1. The van der Waals surface area contributed by atoms with Crippen molar-refractivity contribution in [1.82, 2.24) is 4.48 Å². The van der Waals surface area contributed by atoms with E-state index in [9.17, 15) is 9.90 Å². The second-order valence-corrected chi connectivity index (χ2v) is 5.91. The van der Waals surface area contributed by atoms with E-state index in [4.69, 9.17) is 5.73 Å². The highest BCUT2D eigenvalue weighted by Crippen LogP contribution is 2.43. The van der Waals surface area contributed by atoms with Gasteiger partial charge < -0.3 is 10.8 Å². The van der Waals surface area contributed by atoms with Crippen LogP contribution >= 0.6 is 0 Å². The normalized spacial score (nSPS) is 19.6. The largest absolute Gasteiger partial charge is 0.508 e. The Labute approximate surface area is 129 Å². The average Bonchev–Trinajstić information content (AvgIpc) is 2.71. The summed E-state index contributed by atoms with van der Waals surface area (Å²) in [5, 5.41) is 9.76. The van der Waals surface area contributed by atoms with Crippen LogP contribution in [0.5, 0.6) is 5.75 Å². The number of amides is 1. The van der Waals surface area contributed by atoms with Crippen LogP contribution in [0.2, 0.25) is 0 Å². The van der Waals surface area contributed by atoms with Crippen molar-refractivity contribution >= 4 is 17.2 Å². The van der Waals surface area contributed by atoms with E-state index >= 15 is 0 Å². The molecule has 2 aromatic carbocycles. The number of rotatable bonds is 4. The minimum atomic E-state index is -0.367. The van der Waals surface area contributed by atoms with Gasteiger partial charge in [-0.05, 0) is 12.1 Å². The van der Waals surface area contributed by atoms with Crippen LogP contribution in [0.3, 0.4) is 0 Å². The molecule has 2 aromatic rings. The van der Waals surface area contributed by atoms with Gasteiger partial charge >= 0.3 is 0 Å². The summed E-state index contributed by atoms with van der Waals surface area (Å²) in [5.41, 5.74) is 9.41. The lowest BCUT2D eigenvalue weighted by Crippen LogP contribution is -2.36. The summed E-state index contributed by atoms with van der Waals surface area (Å²) >= 11 is 0. The second kappa shape index (κ2) is 5.31. The zero-order chi connectivity index (χ0) is 15.7. The highest BCUT2D eigenvalue weighted by atomic mass is 16.3.